The molecule has 2 heteroatoms. The van der Waals surface area contributed by atoms with Crippen LogP contribution in [-0.4, -0.2) is 12.4 Å². The highest BCUT2D eigenvalue weighted by Crippen LogP contribution is 2.02. The van der Waals surface area contributed by atoms with Gasteiger partial charge in [0.15, 0.2) is 0 Å². The molecule has 0 saturated heterocycles. The van der Waals surface area contributed by atoms with Gasteiger partial charge in [-0.05, 0) is 33.1 Å². The van der Waals surface area contributed by atoms with Gasteiger partial charge in [0.05, 0.1) is 12.4 Å². The number of ether oxygens (including phenoxy) is 1. The van der Waals surface area contributed by atoms with Crippen LogP contribution >= 0.6 is 0 Å². The first-order valence-electron chi connectivity index (χ1n) is 5.80. The van der Waals surface area contributed by atoms with Gasteiger partial charge in [0.25, 0.3) is 0 Å². The minimum atomic E-state index is 0.171. The summed E-state index contributed by atoms with van der Waals surface area (Å²) in [5.41, 5.74) is 0. The maximum Gasteiger partial charge on any atom is 0.133 e. The Morgan fingerprint density at radius 1 is 1.38 bits per heavy atom. The summed E-state index contributed by atoms with van der Waals surface area (Å²) in [6.07, 6.45) is 5.23. The van der Waals surface area contributed by atoms with E-state index in [0.717, 1.165) is 24.7 Å². The van der Waals surface area contributed by atoms with Crippen LogP contribution in [0.25, 0.3) is 0 Å². The van der Waals surface area contributed by atoms with Crippen molar-refractivity contribution < 1.29 is 9.53 Å². The zero-order valence-corrected chi connectivity index (χ0v) is 11.4. The highest BCUT2D eigenvalue weighted by atomic mass is 16.5. The van der Waals surface area contributed by atoms with Gasteiger partial charge < -0.3 is 4.74 Å². The normalized spacial score (nSPS) is 10.5. The van der Waals surface area contributed by atoms with E-state index >= 15 is 0 Å². The molecule has 0 saturated carbocycles. The van der Waals surface area contributed by atoms with Gasteiger partial charge in [-0.2, -0.15) is 0 Å². The average Bonchev–Trinajstić information content (AvgIpc) is 2.17. The molecule has 0 spiro atoms. The number of allylic oxidation sites excluding steroid dienone is 3. The van der Waals surface area contributed by atoms with Crippen molar-refractivity contribution in [2.75, 3.05) is 6.61 Å². The fraction of sp³-hybridized carbons (Fsp3) is 0.643. The second kappa shape index (κ2) is 12.0. The Kier molecular flexibility index (Phi) is 13.0. The number of rotatable bonds is 6. The zero-order valence-electron chi connectivity index (χ0n) is 11.4. The van der Waals surface area contributed by atoms with Crippen molar-refractivity contribution >= 4 is 5.78 Å². The predicted octanol–water partition coefficient (Wildman–Crippen LogP) is 4.12. The van der Waals surface area contributed by atoms with E-state index in [1.807, 2.05) is 19.9 Å². The first kappa shape index (κ1) is 17.3. The van der Waals surface area contributed by atoms with Crippen LogP contribution in [0.5, 0.6) is 0 Å². The monoisotopic (exact) mass is 226 g/mol. The molecule has 0 rings (SSSR count). The fourth-order valence-electron chi connectivity index (χ4n) is 0.742. The molecular weight excluding hydrogens is 200 g/mol. The lowest BCUT2D eigenvalue weighted by Gasteiger charge is -2.06. The first-order chi connectivity index (χ1) is 7.43. The molecule has 0 amide bonds. The zero-order chi connectivity index (χ0) is 13.0. The van der Waals surface area contributed by atoms with E-state index in [9.17, 15) is 4.79 Å². The molecule has 0 bridgehead atoms. The molecule has 0 aliphatic rings. The van der Waals surface area contributed by atoms with E-state index in [1.54, 1.807) is 13.0 Å². The number of Topliss-reactive ketones (excluding diaryl/α,β-unsaturated/α-hetero) is 1. The number of carbonyl (C=O) groups excluding carboxylic acids is 1. The van der Waals surface area contributed by atoms with Crippen LogP contribution in [0.15, 0.2) is 24.5 Å². The summed E-state index contributed by atoms with van der Waals surface area (Å²) >= 11 is 0. The molecule has 2 nitrogen and oxygen atoms in total. The topological polar surface area (TPSA) is 26.3 Å². The summed E-state index contributed by atoms with van der Waals surface area (Å²) in [6.45, 7) is 14.2. The molecule has 0 aliphatic carbocycles. The number of carbonyl (C=O) groups is 1. The summed E-state index contributed by atoms with van der Waals surface area (Å²) in [6, 6.07) is 0. The average molecular weight is 226 g/mol. The summed E-state index contributed by atoms with van der Waals surface area (Å²) in [5.74, 6) is 1.94. The van der Waals surface area contributed by atoms with Crippen molar-refractivity contribution in [3.05, 3.63) is 24.5 Å². The van der Waals surface area contributed by atoms with Crippen LogP contribution in [0.3, 0.4) is 0 Å². The van der Waals surface area contributed by atoms with Crippen molar-refractivity contribution in [1.29, 1.82) is 0 Å². The molecule has 0 aromatic rings. The van der Waals surface area contributed by atoms with E-state index in [-0.39, 0.29) is 5.78 Å². The summed E-state index contributed by atoms with van der Waals surface area (Å²) < 4.78 is 5.36. The number of ketones is 1. The summed E-state index contributed by atoms with van der Waals surface area (Å²) in [4.78, 5) is 9.97. The molecule has 0 radical (unpaired) electrons. The van der Waals surface area contributed by atoms with E-state index < -0.39 is 0 Å². The Morgan fingerprint density at radius 3 is 2.19 bits per heavy atom. The fourth-order valence-corrected chi connectivity index (χ4v) is 0.742. The molecule has 0 aromatic carbocycles. The van der Waals surface area contributed by atoms with Crippen LogP contribution in [0.1, 0.15) is 47.5 Å². The third kappa shape index (κ3) is 18.7. The van der Waals surface area contributed by atoms with Gasteiger partial charge in [-0.25, -0.2) is 0 Å². The smallest absolute Gasteiger partial charge is 0.133 e. The van der Waals surface area contributed by atoms with E-state index in [1.165, 1.54) is 0 Å². The van der Waals surface area contributed by atoms with Gasteiger partial charge in [0.1, 0.15) is 5.78 Å². The SMILES string of the molecule is C/C=C(\C)OCCC(C)C.C=CCC(C)=O. The van der Waals surface area contributed by atoms with E-state index in [2.05, 4.69) is 20.4 Å². The summed E-state index contributed by atoms with van der Waals surface area (Å²) in [5, 5.41) is 0. The predicted molar refractivity (Wildman–Crippen MR) is 70.3 cm³/mol. The van der Waals surface area contributed by atoms with Gasteiger partial charge >= 0.3 is 0 Å². The van der Waals surface area contributed by atoms with E-state index in [4.69, 9.17) is 4.74 Å². The van der Waals surface area contributed by atoms with Crippen molar-refractivity contribution in [2.24, 2.45) is 5.92 Å². The number of hydrogen-bond acceptors (Lipinski definition) is 2. The van der Waals surface area contributed by atoms with Crippen molar-refractivity contribution in [1.82, 2.24) is 0 Å². The molecule has 0 N–H and O–H groups in total. The van der Waals surface area contributed by atoms with Crippen LogP contribution < -0.4 is 0 Å². The highest BCUT2D eigenvalue weighted by molar-refractivity contribution is 5.76. The van der Waals surface area contributed by atoms with Gasteiger partial charge in [-0.15, -0.1) is 6.58 Å². The minimum absolute atomic E-state index is 0.171. The second-order valence-electron chi connectivity index (χ2n) is 4.13. The van der Waals surface area contributed by atoms with E-state index in [0.29, 0.717) is 6.42 Å². The van der Waals surface area contributed by atoms with Crippen LogP contribution in [0, 0.1) is 5.92 Å². The quantitative estimate of drug-likeness (QED) is 0.503. The second-order valence-corrected chi connectivity index (χ2v) is 4.13. The molecule has 0 atom stereocenters. The molecule has 0 aliphatic heterocycles. The highest BCUT2D eigenvalue weighted by Gasteiger charge is 1.93. The van der Waals surface area contributed by atoms with Gasteiger partial charge in [0, 0.05) is 6.42 Å². The molecule has 0 fully saturated rings. The molecule has 0 unspecified atom stereocenters. The van der Waals surface area contributed by atoms with Crippen LogP contribution in [-0.2, 0) is 9.53 Å². The lowest BCUT2D eigenvalue weighted by molar-refractivity contribution is -0.116. The van der Waals surface area contributed by atoms with Gasteiger partial charge in [-0.3, -0.25) is 4.79 Å². The van der Waals surface area contributed by atoms with Gasteiger partial charge in [-0.1, -0.05) is 26.0 Å². The first-order valence-corrected chi connectivity index (χ1v) is 5.80. The third-order valence-electron chi connectivity index (χ3n) is 1.86. The molecule has 0 aromatic heterocycles. The number of hydrogen-bond donors (Lipinski definition) is 0. The molecule has 0 heterocycles. The third-order valence-corrected chi connectivity index (χ3v) is 1.86. The van der Waals surface area contributed by atoms with Crippen LogP contribution in [0.2, 0.25) is 0 Å². The van der Waals surface area contributed by atoms with Crippen LogP contribution in [0.4, 0.5) is 0 Å². The Bertz CT molecular complexity index is 215. The standard InChI is InChI=1S/C9H18O.C5H8O/c1-5-9(4)10-7-6-8(2)3;1-3-4-5(2)6/h5,8H,6-7H2,1-4H3;3H,1,4H2,2H3/b9-5+;. The lowest BCUT2D eigenvalue weighted by Crippen LogP contribution is -1.96. The van der Waals surface area contributed by atoms with Crippen molar-refractivity contribution in [3.8, 4) is 0 Å². The minimum Gasteiger partial charge on any atom is -0.499 e. The molecule has 94 valence electrons. The maximum atomic E-state index is 9.97. The Labute approximate surface area is 100 Å². The molecule has 16 heavy (non-hydrogen) atoms. The Morgan fingerprint density at radius 2 is 1.94 bits per heavy atom. The largest absolute Gasteiger partial charge is 0.499 e. The maximum absolute atomic E-state index is 9.97. The molecular formula is C14H26O2. The summed E-state index contributed by atoms with van der Waals surface area (Å²) in [7, 11) is 0. The lowest BCUT2D eigenvalue weighted by atomic mass is 10.1. The van der Waals surface area contributed by atoms with Crippen molar-refractivity contribution in [2.45, 2.75) is 47.5 Å². The Hall–Kier alpha value is -1.05. The Balaban J connectivity index is 0. The van der Waals surface area contributed by atoms with Crippen molar-refractivity contribution in [3.63, 3.8) is 0 Å². The van der Waals surface area contributed by atoms with Gasteiger partial charge in [0.2, 0.25) is 0 Å².